The van der Waals surface area contributed by atoms with Crippen molar-refractivity contribution in [3.05, 3.63) is 12.0 Å². The molecule has 104 valence electrons. The predicted octanol–water partition coefficient (Wildman–Crippen LogP) is 2.97. The van der Waals surface area contributed by atoms with Crippen LogP contribution in [0.2, 0.25) is 0 Å². The second kappa shape index (κ2) is 4.56. The Bertz CT molecular complexity index is 483. The highest BCUT2D eigenvalue weighted by atomic mass is 32.2. The Balaban J connectivity index is 2.86. The van der Waals surface area contributed by atoms with Gasteiger partial charge in [-0.05, 0) is 6.42 Å². The Morgan fingerprint density at radius 1 is 1.22 bits per heavy atom. The minimum atomic E-state index is -5.59. The van der Waals surface area contributed by atoms with Crippen molar-refractivity contribution in [3.63, 3.8) is 0 Å². The van der Waals surface area contributed by atoms with E-state index in [0.29, 0.717) is 6.42 Å². The van der Waals surface area contributed by atoms with Crippen molar-refractivity contribution in [1.29, 1.82) is 0 Å². The number of hydrogen-bond acceptors (Lipinski definition) is 4. The molecule has 0 amide bonds. The number of alkyl halides is 3. The molecule has 0 saturated heterocycles. The summed E-state index contributed by atoms with van der Waals surface area (Å²) in [5.74, 6) is -0.291. The van der Waals surface area contributed by atoms with Crippen LogP contribution in [0.4, 0.5) is 13.2 Å². The van der Waals surface area contributed by atoms with Crippen LogP contribution in [0.1, 0.15) is 33.6 Å². The van der Waals surface area contributed by atoms with Gasteiger partial charge in [-0.15, -0.1) is 0 Å². The van der Waals surface area contributed by atoms with Crippen LogP contribution >= 0.6 is 0 Å². The van der Waals surface area contributed by atoms with Crippen molar-refractivity contribution < 1.29 is 25.8 Å². The molecule has 0 N–H and O–H groups in total. The molecule has 0 aromatic carbocycles. The van der Waals surface area contributed by atoms with Gasteiger partial charge in [0, 0.05) is 17.5 Å². The highest BCUT2D eigenvalue weighted by Gasteiger charge is 2.49. The normalized spacial score (nSPS) is 18.1. The van der Waals surface area contributed by atoms with E-state index < -0.39 is 15.6 Å². The Hall–Kier alpha value is -1.05. The van der Waals surface area contributed by atoms with Gasteiger partial charge in [0.2, 0.25) is 0 Å². The van der Waals surface area contributed by atoms with Crippen molar-refractivity contribution in [2.45, 2.75) is 39.1 Å². The first kappa shape index (κ1) is 15.0. The lowest BCUT2D eigenvalue weighted by atomic mass is 9.86. The monoisotopic (exact) mass is 285 g/mol. The highest BCUT2D eigenvalue weighted by Crippen LogP contribution is 2.30. The molecule has 1 rings (SSSR count). The molecule has 18 heavy (non-hydrogen) atoms. The molecule has 0 aromatic rings. The molecule has 0 unspecified atom stereocenters. The quantitative estimate of drug-likeness (QED) is 0.579. The minimum absolute atomic E-state index is 0.0887. The first-order valence-electron chi connectivity index (χ1n) is 5.20. The van der Waals surface area contributed by atoms with Crippen LogP contribution in [0, 0.1) is 5.41 Å². The molecule has 1 heterocycles. The van der Waals surface area contributed by atoms with Crippen LogP contribution in [0.25, 0.3) is 0 Å². The fourth-order valence-electron chi connectivity index (χ4n) is 1.34. The Morgan fingerprint density at radius 3 is 2.11 bits per heavy atom. The highest BCUT2D eigenvalue weighted by molar-refractivity contribution is 7.87. The lowest BCUT2D eigenvalue weighted by molar-refractivity contribution is -0.0523. The van der Waals surface area contributed by atoms with Gasteiger partial charge in [-0.3, -0.25) is 4.99 Å². The number of allylic oxidation sites excluding steroid dienone is 1. The summed E-state index contributed by atoms with van der Waals surface area (Å²) in [5, 5.41) is 0. The predicted molar refractivity (Wildman–Crippen MR) is 60.3 cm³/mol. The molecule has 0 atom stereocenters. The van der Waals surface area contributed by atoms with Gasteiger partial charge in [0.15, 0.2) is 0 Å². The van der Waals surface area contributed by atoms with Crippen LogP contribution in [0.3, 0.4) is 0 Å². The van der Waals surface area contributed by atoms with Gasteiger partial charge in [0.1, 0.15) is 5.76 Å². The lowest BCUT2D eigenvalue weighted by Gasteiger charge is -2.24. The zero-order valence-electron chi connectivity index (χ0n) is 10.2. The maximum Gasteiger partial charge on any atom is 0.534 e. The maximum absolute atomic E-state index is 12.1. The van der Waals surface area contributed by atoms with Gasteiger partial charge in [0.05, 0.1) is 6.20 Å². The van der Waals surface area contributed by atoms with Gasteiger partial charge in [-0.1, -0.05) is 20.8 Å². The zero-order chi connectivity index (χ0) is 14.2. The van der Waals surface area contributed by atoms with Crippen molar-refractivity contribution in [1.82, 2.24) is 0 Å². The summed E-state index contributed by atoms with van der Waals surface area (Å²) < 4.78 is 61.8. The van der Waals surface area contributed by atoms with Crippen LogP contribution < -0.4 is 0 Å². The third-order valence-electron chi connectivity index (χ3n) is 2.34. The average molecular weight is 285 g/mol. The van der Waals surface area contributed by atoms with Crippen molar-refractivity contribution in [2.75, 3.05) is 0 Å². The van der Waals surface area contributed by atoms with E-state index in [1.807, 2.05) is 20.8 Å². The van der Waals surface area contributed by atoms with E-state index in [1.165, 1.54) is 0 Å². The molecule has 1 aliphatic rings. The zero-order valence-corrected chi connectivity index (χ0v) is 11.0. The number of rotatable bonds is 2. The standard InChI is InChI=1S/C10H14F3NO3S/c1-9(2,3)8-5-4-7(6-14-8)17-18(15,16)10(11,12)13/h6H,4-5H2,1-3H3. The van der Waals surface area contributed by atoms with Gasteiger partial charge >= 0.3 is 15.6 Å². The summed E-state index contributed by atoms with van der Waals surface area (Å²) in [6, 6.07) is 0. The summed E-state index contributed by atoms with van der Waals surface area (Å²) >= 11 is 0. The van der Waals surface area contributed by atoms with E-state index in [0.717, 1.165) is 11.9 Å². The molecular weight excluding hydrogens is 271 g/mol. The number of halogens is 3. The van der Waals surface area contributed by atoms with Crippen LogP contribution in [0.15, 0.2) is 17.0 Å². The molecule has 0 radical (unpaired) electrons. The SMILES string of the molecule is CC(C)(C)C1=NC=C(OS(=O)(=O)C(F)(F)F)CC1. The van der Waals surface area contributed by atoms with Crippen LogP contribution in [-0.2, 0) is 14.3 Å². The summed E-state index contributed by atoms with van der Waals surface area (Å²) in [5.41, 5.74) is -4.83. The van der Waals surface area contributed by atoms with E-state index in [1.54, 1.807) is 0 Å². The average Bonchev–Trinajstić information content (AvgIpc) is 2.14. The summed E-state index contributed by atoms with van der Waals surface area (Å²) in [6.45, 7) is 5.74. The molecule has 0 spiro atoms. The lowest BCUT2D eigenvalue weighted by Crippen LogP contribution is -2.27. The van der Waals surface area contributed by atoms with E-state index in [4.69, 9.17) is 0 Å². The van der Waals surface area contributed by atoms with E-state index in [2.05, 4.69) is 9.18 Å². The van der Waals surface area contributed by atoms with E-state index >= 15 is 0 Å². The fourth-order valence-corrected chi connectivity index (χ4v) is 1.84. The van der Waals surface area contributed by atoms with Crippen molar-refractivity contribution in [3.8, 4) is 0 Å². The Labute approximate surface area is 104 Å². The second-order valence-electron chi connectivity index (χ2n) is 4.90. The fraction of sp³-hybridized carbons (Fsp3) is 0.700. The van der Waals surface area contributed by atoms with Crippen molar-refractivity contribution >= 4 is 15.8 Å². The molecule has 0 fully saturated rings. The molecule has 0 aliphatic carbocycles. The van der Waals surface area contributed by atoms with Crippen LogP contribution in [-0.4, -0.2) is 19.6 Å². The Kier molecular flexibility index (Phi) is 3.81. The van der Waals surface area contributed by atoms with Gasteiger partial charge in [-0.2, -0.15) is 21.6 Å². The first-order chi connectivity index (χ1) is 7.93. The topological polar surface area (TPSA) is 55.7 Å². The number of hydrogen-bond donors (Lipinski definition) is 0. The minimum Gasteiger partial charge on any atom is -0.379 e. The number of aliphatic imine (C=N–C) groups is 1. The third-order valence-corrected chi connectivity index (χ3v) is 3.34. The molecule has 1 aliphatic heterocycles. The molecule has 0 aromatic heterocycles. The molecular formula is C10H14F3NO3S. The second-order valence-corrected chi connectivity index (χ2v) is 6.44. The molecule has 0 saturated carbocycles. The van der Waals surface area contributed by atoms with E-state index in [9.17, 15) is 21.6 Å². The Morgan fingerprint density at radius 2 is 1.78 bits per heavy atom. The molecule has 4 nitrogen and oxygen atoms in total. The maximum atomic E-state index is 12.1. The third kappa shape index (κ3) is 3.47. The molecule has 8 heteroatoms. The van der Waals surface area contributed by atoms with Gasteiger partial charge < -0.3 is 4.18 Å². The van der Waals surface area contributed by atoms with Crippen molar-refractivity contribution in [2.24, 2.45) is 10.4 Å². The van der Waals surface area contributed by atoms with Crippen LogP contribution in [0.5, 0.6) is 0 Å². The summed E-state index contributed by atoms with van der Waals surface area (Å²) in [6.07, 6.45) is 1.50. The summed E-state index contributed by atoms with van der Waals surface area (Å²) in [7, 11) is -5.59. The number of nitrogens with zero attached hydrogens (tertiary/aromatic N) is 1. The molecule has 0 bridgehead atoms. The van der Waals surface area contributed by atoms with E-state index in [-0.39, 0.29) is 17.6 Å². The summed E-state index contributed by atoms with van der Waals surface area (Å²) in [4.78, 5) is 3.95. The van der Waals surface area contributed by atoms with Gasteiger partial charge in [-0.25, -0.2) is 0 Å². The smallest absolute Gasteiger partial charge is 0.379 e. The largest absolute Gasteiger partial charge is 0.534 e. The van der Waals surface area contributed by atoms with Gasteiger partial charge in [0.25, 0.3) is 0 Å². The first-order valence-corrected chi connectivity index (χ1v) is 6.61.